The highest BCUT2D eigenvalue weighted by Gasteiger charge is 2.27. The molecule has 0 saturated carbocycles. The Morgan fingerprint density at radius 1 is 1.19 bits per heavy atom. The topological polar surface area (TPSA) is 40.5 Å². The van der Waals surface area contributed by atoms with Crippen LogP contribution >= 0.6 is 0 Å². The summed E-state index contributed by atoms with van der Waals surface area (Å²) in [7, 11) is 0. The Balaban J connectivity index is 1.63. The molecule has 3 rings (SSSR count). The van der Waals surface area contributed by atoms with Gasteiger partial charge in [0.25, 0.3) is 0 Å². The Kier molecular flexibility index (Phi) is 4.03. The molecule has 1 saturated heterocycles. The lowest BCUT2D eigenvalue weighted by Crippen LogP contribution is -2.34. The highest BCUT2D eigenvalue weighted by molar-refractivity contribution is 5.79. The SMILES string of the molecule is CC1(O)CCCN(C(=O)Cc2ccc3c(c2)CCC3)CC1. The van der Waals surface area contributed by atoms with Crippen LogP contribution in [-0.2, 0) is 24.1 Å². The third kappa shape index (κ3) is 3.46. The molecule has 1 N–H and O–H groups in total. The van der Waals surface area contributed by atoms with Gasteiger partial charge >= 0.3 is 0 Å². The molecular formula is C18H25NO2. The second-order valence-electron chi connectivity index (χ2n) is 6.86. The largest absolute Gasteiger partial charge is 0.390 e. The number of hydrogen-bond acceptors (Lipinski definition) is 2. The first-order valence-electron chi connectivity index (χ1n) is 8.14. The van der Waals surface area contributed by atoms with Gasteiger partial charge in [-0.05, 0) is 62.1 Å². The summed E-state index contributed by atoms with van der Waals surface area (Å²) >= 11 is 0. The quantitative estimate of drug-likeness (QED) is 0.908. The molecule has 1 aliphatic carbocycles. The van der Waals surface area contributed by atoms with Crippen molar-refractivity contribution in [2.45, 2.75) is 57.5 Å². The molecule has 1 fully saturated rings. The van der Waals surface area contributed by atoms with E-state index in [1.807, 2.05) is 11.8 Å². The first-order chi connectivity index (χ1) is 10.0. The summed E-state index contributed by atoms with van der Waals surface area (Å²) < 4.78 is 0. The average molecular weight is 287 g/mol. The van der Waals surface area contributed by atoms with Crippen molar-refractivity contribution in [3.05, 3.63) is 34.9 Å². The molecule has 21 heavy (non-hydrogen) atoms. The molecule has 1 heterocycles. The number of hydrogen-bond donors (Lipinski definition) is 1. The predicted octanol–water partition coefficient (Wildman–Crippen LogP) is 2.48. The molecule has 0 bridgehead atoms. The summed E-state index contributed by atoms with van der Waals surface area (Å²) in [5, 5.41) is 10.1. The lowest BCUT2D eigenvalue weighted by atomic mass is 9.98. The number of benzene rings is 1. The van der Waals surface area contributed by atoms with Crippen LogP contribution in [0.15, 0.2) is 18.2 Å². The fraction of sp³-hybridized carbons (Fsp3) is 0.611. The van der Waals surface area contributed by atoms with Crippen molar-refractivity contribution in [1.82, 2.24) is 4.90 Å². The molecule has 3 nitrogen and oxygen atoms in total. The second kappa shape index (κ2) is 5.80. The van der Waals surface area contributed by atoms with Gasteiger partial charge in [-0.15, -0.1) is 0 Å². The molecule has 1 atom stereocenters. The van der Waals surface area contributed by atoms with Gasteiger partial charge in [0.05, 0.1) is 12.0 Å². The first kappa shape index (κ1) is 14.6. The monoisotopic (exact) mass is 287 g/mol. The molecule has 1 aromatic rings. The van der Waals surface area contributed by atoms with Crippen molar-refractivity contribution in [3.63, 3.8) is 0 Å². The van der Waals surface area contributed by atoms with Crippen molar-refractivity contribution in [2.24, 2.45) is 0 Å². The van der Waals surface area contributed by atoms with Crippen molar-refractivity contribution in [3.8, 4) is 0 Å². The van der Waals surface area contributed by atoms with Crippen molar-refractivity contribution >= 4 is 5.91 Å². The maximum absolute atomic E-state index is 12.5. The third-order valence-electron chi connectivity index (χ3n) is 4.93. The number of rotatable bonds is 2. The van der Waals surface area contributed by atoms with E-state index in [2.05, 4.69) is 18.2 Å². The molecular weight excluding hydrogens is 262 g/mol. The second-order valence-corrected chi connectivity index (χ2v) is 6.86. The molecule has 2 aliphatic rings. The van der Waals surface area contributed by atoms with Crippen LogP contribution in [-0.4, -0.2) is 34.6 Å². The number of likely N-dealkylation sites (tertiary alicyclic amines) is 1. The Labute approximate surface area is 127 Å². The van der Waals surface area contributed by atoms with Gasteiger partial charge in [0.15, 0.2) is 0 Å². The predicted molar refractivity (Wildman–Crippen MR) is 83.2 cm³/mol. The molecule has 1 aliphatic heterocycles. The van der Waals surface area contributed by atoms with Crippen molar-refractivity contribution < 1.29 is 9.90 Å². The Morgan fingerprint density at radius 3 is 2.86 bits per heavy atom. The van der Waals surface area contributed by atoms with Crippen LogP contribution in [0.4, 0.5) is 0 Å². The van der Waals surface area contributed by atoms with Crippen LogP contribution in [0, 0.1) is 0 Å². The zero-order chi connectivity index (χ0) is 14.9. The van der Waals surface area contributed by atoms with Gasteiger partial charge in [-0.1, -0.05) is 18.2 Å². The minimum Gasteiger partial charge on any atom is -0.390 e. The fourth-order valence-corrected chi connectivity index (χ4v) is 3.53. The van der Waals surface area contributed by atoms with Crippen molar-refractivity contribution in [2.75, 3.05) is 13.1 Å². The van der Waals surface area contributed by atoms with E-state index in [1.54, 1.807) is 0 Å². The van der Waals surface area contributed by atoms with E-state index in [0.29, 0.717) is 19.4 Å². The number of amides is 1. The molecule has 0 spiro atoms. The van der Waals surface area contributed by atoms with E-state index in [-0.39, 0.29) is 5.91 Å². The zero-order valence-corrected chi connectivity index (χ0v) is 12.9. The number of aryl methyl sites for hydroxylation is 2. The average Bonchev–Trinajstić information content (AvgIpc) is 2.81. The number of carbonyl (C=O) groups excluding carboxylic acids is 1. The molecule has 3 heteroatoms. The Hall–Kier alpha value is -1.35. The van der Waals surface area contributed by atoms with Crippen LogP contribution in [0.5, 0.6) is 0 Å². The van der Waals surface area contributed by atoms with E-state index in [1.165, 1.54) is 24.0 Å². The van der Waals surface area contributed by atoms with E-state index >= 15 is 0 Å². The van der Waals surface area contributed by atoms with E-state index in [9.17, 15) is 9.90 Å². The van der Waals surface area contributed by atoms with Crippen LogP contribution in [0.1, 0.15) is 49.3 Å². The molecule has 1 unspecified atom stereocenters. The number of carbonyl (C=O) groups is 1. The summed E-state index contributed by atoms with van der Waals surface area (Å²) in [6.07, 6.45) is 6.44. The summed E-state index contributed by atoms with van der Waals surface area (Å²) in [5.41, 5.74) is 3.41. The third-order valence-corrected chi connectivity index (χ3v) is 4.93. The zero-order valence-electron chi connectivity index (χ0n) is 12.9. The van der Waals surface area contributed by atoms with Crippen LogP contribution in [0.3, 0.4) is 0 Å². The van der Waals surface area contributed by atoms with Gasteiger partial charge in [-0.25, -0.2) is 0 Å². The van der Waals surface area contributed by atoms with Gasteiger partial charge < -0.3 is 10.0 Å². The highest BCUT2D eigenvalue weighted by Crippen LogP contribution is 2.24. The number of aliphatic hydroxyl groups is 1. The molecule has 114 valence electrons. The summed E-state index contributed by atoms with van der Waals surface area (Å²) in [5.74, 6) is 0.200. The maximum Gasteiger partial charge on any atom is 0.226 e. The highest BCUT2D eigenvalue weighted by atomic mass is 16.3. The summed E-state index contributed by atoms with van der Waals surface area (Å²) in [4.78, 5) is 14.4. The number of nitrogens with zero attached hydrogens (tertiary/aromatic N) is 1. The van der Waals surface area contributed by atoms with Crippen LogP contribution < -0.4 is 0 Å². The van der Waals surface area contributed by atoms with Gasteiger partial charge in [0.1, 0.15) is 0 Å². The van der Waals surface area contributed by atoms with Crippen LogP contribution in [0.2, 0.25) is 0 Å². The molecule has 0 aromatic heterocycles. The van der Waals surface area contributed by atoms with Crippen molar-refractivity contribution in [1.29, 1.82) is 0 Å². The summed E-state index contributed by atoms with van der Waals surface area (Å²) in [6, 6.07) is 6.52. The standard InChI is InChI=1S/C18H25NO2/c1-18(21)8-3-10-19(11-9-18)17(20)13-14-6-7-15-4-2-5-16(15)12-14/h6-7,12,21H,2-5,8-11,13H2,1H3. The number of fused-ring (bicyclic) bond motifs is 1. The molecule has 1 amide bonds. The lowest BCUT2D eigenvalue weighted by Gasteiger charge is -2.22. The Morgan fingerprint density at radius 2 is 2.00 bits per heavy atom. The minimum absolute atomic E-state index is 0.200. The minimum atomic E-state index is -0.609. The smallest absolute Gasteiger partial charge is 0.226 e. The lowest BCUT2D eigenvalue weighted by molar-refractivity contribution is -0.130. The van der Waals surface area contributed by atoms with E-state index < -0.39 is 5.60 Å². The van der Waals surface area contributed by atoms with E-state index in [0.717, 1.165) is 31.4 Å². The fourth-order valence-electron chi connectivity index (χ4n) is 3.53. The first-order valence-corrected chi connectivity index (χ1v) is 8.14. The Bertz CT molecular complexity index is 536. The molecule has 1 aromatic carbocycles. The van der Waals surface area contributed by atoms with Gasteiger partial charge in [0, 0.05) is 13.1 Å². The van der Waals surface area contributed by atoms with E-state index in [4.69, 9.17) is 0 Å². The normalized spacial score (nSPS) is 25.5. The maximum atomic E-state index is 12.5. The van der Waals surface area contributed by atoms with Gasteiger partial charge in [-0.2, -0.15) is 0 Å². The van der Waals surface area contributed by atoms with Crippen LogP contribution in [0.25, 0.3) is 0 Å². The molecule has 0 radical (unpaired) electrons. The van der Waals surface area contributed by atoms with Gasteiger partial charge in [-0.3, -0.25) is 4.79 Å². The summed E-state index contributed by atoms with van der Waals surface area (Å²) in [6.45, 7) is 3.33. The van der Waals surface area contributed by atoms with Gasteiger partial charge in [0.2, 0.25) is 5.91 Å².